The van der Waals surface area contributed by atoms with E-state index in [1.807, 2.05) is 0 Å². The minimum atomic E-state index is -1.59. The van der Waals surface area contributed by atoms with Crippen LogP contribution >= 0.6 is 0 Å². The minimum Gasteiger partial charge on any atom is -0.504 e. The number of nitrogens with one attached hydrogen (secondary N) is 2. The molecule has 3 saturated heterocycles. The third-order valence-electron chi connectivity index (χ3n) is 8.80. The Labute approximate surface area is 270 Å². The number of phenols is 2. The Morgan fingerprint density at radius 3 is 1.98 bits per heavy atom. The lowest BCUT2D eigenvalue weighted by Gasteiger charge is -2.49. The third-order valence-corrected chi connectivity index (χ3v) is 8.80. The predicted octanol–water partition coefficient (Wildman–Crippen LogP) is -4.32. The molecule has 18 heteroatoms. The molecule has 12 N–H and O–H groups in total. The lowest BCUT2D eigenvalue weighted by molar-refractivity contribution is -0.349. The van der Waals surface area contributed by atoms with Crippen LogP contribution in [-0.4, -0.2) is 160 Å². The monoisotopic (exact) mass is 677 g/mol. The second-order valence-electron chi connectivity index (χ2n) is 12.0. The van der Waals surface area contributed by atoms with Gasteiger partial charge in [0.1, 0.15) is 42.7 Å². The molecule has 1 aromatic carbocycles. The van der Waals surface area contributed by atoms with Crippen molar-refractivity contribution >= 4 is 5.91 Å². The fraction of sp³-hybridized carbons (Fsp3) is 0.759. The Hall–Kier alpha value is -2.27. The van der Waals surface area contributed by atoms with E-state index in [0.717, 1.165) is 0 Å². The number of phenolic OH excluding ortho intramolecular Hbond substituents is 2. The van der Waals surface area contributed by atoms with E-state index >= 15 is 0 Å². The van der Waals surface area contributed by atoms with Crippen LogP contribution in [-0.2, 0) is 39.8 Å². The lowest BCUT2D eigenvalue weighted by atomic mass is 9.89. The van der Waals surface area contributed by atoms with E-state index in [0.29, 0.717) is 5.56 Å². The zero-order chi connectivity index (χ0) is 34.6. The van der Waals surface area contributed by atoms with Crippen LogP contribution in [0.4, 0.5) is 0 Å². The van der Waals surface area contributed by atoms with Gasteiger partial charge in [-0.1, -0.05) is 13.0 Å². The molecule has 3 fully saturated rings. The van der Waals surface area contributed by atoms with Crippen LogP contribution in [0.5, 0.6) is 11.5 Å². The maximum Gasteiger partial charge on any atom is 0.217 e. The summed E-state index contributed by atoms with van der Waals surface area (Å²) < 4.78 is 34.9. The Kier molecular flexibility index (Phi) is 13.1. The van der Waals surface area contributed by atoms with Crippen molar-refractivity contribution in [3.63, 3.8) is 0 Å². The summed E-state index contributed by atoms with van der Waals surface area (Å²) in [5.74, 6) is -1.73. The van der Waals surface area contributed by atoms with Gasteiger partial charge < -0.3 is 85.6 Å². The average Bonchev–Trinajstić information content (AvgIpc) is 3.05. The number of hydrogen-bond acceptors (Lipinski definition) is 17. The zero-order valence-corrected chi connectivity index (χ0v) is 26.2. The van der Waals surface area contributed by atoms with Crippen molar-refractivity contribution in [3.8, 4) is 11.5 Å². The Balaban J connectivity index is 1.49. The maximum atomic E-state index is 11.9. The smallest absolute Gasteiger partial charge is 0.217 e. The number of amides is 1. The Morgan fingerprint density at radius 1 is 0.830 bits per heavy atom. The summed E-state index contributed by atoms with van der Waals surface area (Å²) in [7, 11) is 1.34. The number of carbonyl (C=O) groups is 1. The first kappa shape index (κ1) is 37.5. The van der Waals surface area contributed by atoms with Gasteiger partial charge in [-0.2, -0.15) is 0 Å². The molecule has 0 radical (unpaired) electrons. The molecule has 8 unspecified atom stereocenters. The number of nitrogens with two attached hydrogens (primary N) is 1. The molecule has 0 spiro atoms. The number of hydrogen-bond donors (Lipinski definition) is 11. The van der Waals surface area contributed by atoms with Crippen molar-refractivity contribution in [1.82, 2.24) is 10.6 Å². The quantitative estimate of drug-likeness (QED) is 0.0933. The SMILES string of the molecule is COC1OC(CO)[C@@H](O[C@@H]2O[C@@H](CO)[C@@H](OC3OC(CO)[C@@H](C)C(O)[C@@H]3NC(C)=O)C(O)C2N)C(O)[C@@H]1NCc1ccc(O)c(O)c1. The summed E-state index contributed by atoms with van der Waals surface area (Å²) in [5, 5.41) is 88.6. The van der Waals surface area contributed by atoms with Crippen LogP contribution in [0.1, 0.15) is 19.4 Å². The van der Waals surface area contributed by atoms with E-state index in [4.69, 9.17) is 34.2 Å². The predicted molar refractivity (Wildman–Crippen MR) is 157 cm³/mol. The molecule has 3 heterocycles. The lowest BCUT2D eigenvalue weighted by Crippen LogP contribution is -2.69. The Morgan fingerprint density at radius 2 is 1.40 bits per heavy atom. The van der Waals surface area contributed by atoms with Gasteiger partial charge in [0, 0.05) is 26.5 Å². The Bertz CT molecular complexity index is 1170. The van der Waals surface area contributed by atoms with Gasteiger partial charge in [0.15, 0.2) is 30.4 Å². The molecule has 1 aromatic rings. The van der Waals surface area contributed by atoms with Crippen molar-refractivity contribution in [1.29, 1.82) is 0 Å². The second-order valence-corrected chi connectivity index (χ2v) is 12.0. The molecule has 3 aliphatic rings. The summed E-state index contributed by atoms with van der Waals surface area (Å²) >= 11 is 0. The number of aromatic hydroxyl groups is 2. The molecule has 0 aromatic heterocycles. The summed E-state index contributed by atoms with van der Waals surface area (Å²) in [6.07, 6.45) is -14.1. The highest BCUT2D eigenvalue weighted by Crippen LogP contribution is 2.33. The van der Waals surface area contributed by atoms with Crippen LogP contribution in [0.2, 0.25) is 0 Å². The van der Waals surface area contributed by atoms with Crippen LogP contribution in [0.15, 0.2) is 18.2 Å². The van der Waals surface area contributed by atoms with Gasteiger partial charge in [-0.3, -0.25) is 4.79 Å². The summed E-state index contributed by atoms with van der Waals surface area (Å²) in [5.41, 5.74) is 6.87. The number of aliphatic hydroxyl groups is 6. The molecule has 4 rings (SSSR count). The molecule has 0 aliphatic carbocycles. The summed E-state index contributed by atoms with van der Waals surface area (Å²) in [6, 6.07) is 0.761. The first-order valence-electron chi connectivity index (χ1n) is 15.3. The average molecular weight is 678 g/mol. The van der Waals surface area contributed by atoms with Crippen molar-refractivity contribution in [3.05, 3.63) is 23.8 Å². The molecular weight excluding hydrogens is 630 g/mol. The molecule has 18 nitrogen and oxygen atoms in total. The number of benzene rings is 1. The highest BCUT2D eigenvalue weighted by atomic mass is 16.7. The number of rotatable bonds is 12. The fourth-order valence-electron chi connectivity index (χ4n) is 6.06. The van der Waals surface area contributed by atoms with Crippen LogP contribution in [0.3, 0.4) is 0 Å². The maximum absolute atomic E-state index is 11.9. The van der Waals surface area contributed by atoms with E-state index < -0.39 is 117 Å². The van der Waals surface area contributed by atoms with Gasteiger partial charge in [0.2, 0.25) is 5.91 Å². The van der Waals surface area contributed by atoms with Crippen molar-refractivity contribution < 1.29 is 74.1 Å². The van der Waals surface area contributed by atoms with E-state index in [9.17, 15) is 45.6 Å². The van der Waals surface area contributed by atoms with E-state index in [-0.39, 0.29) is 18.0 Å². The van der Waals surface area contributed by atoms with Crippen molar-refractivity contribution in [2.45, 2.75) is 106 Å². The van der Waals surface area contributed by atoms with Gasteiger partial charge in [-0.25, -0.2) is 0 Å². The van der Waals surface area contributed by atoms with E-state index in [2.05, 4.69) is 10.6 Å². The largest absolute Gasteiger partial charge is 0.504 e. The highest BCUT2D eigenvalue weighted by molar-refractivity contribution is 5.73. The van der Waals surface area contributed by atoms with Crippen LogP contribution in [0, 0.1) is 5.92 Å². The summed E-state index contributed by atoms with van der Waals surface area (Å²) in [4.78, 5) is 11.9. The van der Waals surface area contributed by atoms with Gasteiger partial charge in [-0.05, 0) is 17.7 Å². The molecule has 0 saturated carbocycles. The number of ether oxygens (including phenoxy) is 6. The van der Waals surface area contributed by atoms with E-state index in [1.54, 1.807) is 13.0 Å². The normalized spacial score (nSPS) is 41.0. The fourth-order valence-corrected chi connectivity index (χ4v) is 6.06. The van der Waals surface area contributed by atoms with Gasteiger partial charge in [0.25, 0.3) is 0 Å². The molecule has 15 atom stereocenters. The third kappa shape index (κ3) is 8.31. The first-order valence-corrected chi connectivity index (χ1v) is 15.3. The summed E-state index contributed by atoms with van der Waals surface area (Å²) in [6.45, 7) is 1.15. The van der Waals surface area contributed by atoms with Gasteiger partial charge in [-0.15, -0.1) is 0 Å². The highest BCUT2D eigenvalue weighted by Gasteiger charge is 2.53. The molecule has 47 heavy (non-hydrogen) atoms. The van der Waals surface area contributed by atoms with Crippen LogP contribution < -0.4 is 16.4 Å². The first-order chi connectivity index (χ1) is 22.3. The zero-order valence-electron chi connectivity index (χ0n) is 26.2. The molecule has 1 amide bonds. The number of carbonyl (C=O) groups excluding carboxylic acids is 1. The molecular formula is C29H47N3O15. The minimum absolute atomic E-state index is 0.0897. The molecule has 0 bridgehead atoms. The van der Waals surface area contributed by atoms with E-state index in [1.165, 1.54) is 26.2 Å². The van der Waals surface area contributed by atoms with Gasteiger partial charge >= 0.3 is 0 Å². The van der Waals surface area contributed by atoms with Crippen molar-refractivity contribution in [2.75, 3.05) is 26.9 Å². The van der Waals surface area contributed by atoms with Gasteiger partial charge in [0.05, 0.1) is 44.1 Å². The van der Waals surface area contributed by atoms with Crippen LogP contribution in [0.25, 0.3) is 0 Å². The number of methoxy groups -OCH3 is 1. The van der Waals surface area contributed by atoms with Crippen molar-refractivity contribution in [2.24, 2.45) is 11.7 Å². The standard InChI is InChI=1S/C29H47N3O15/c1-11-16(8-33)43-29(21(22(11)39)32-12(2)36)47-25-17(9-34)44-27(19(30)23(25)40)46-26-18(10-35)45-28(42-3)20(24(26)41)31-7-13-4-5-14(37)15(38)6-13/h4-6,11,16-29,31,33-35,37-41H,7-10,30H2,1-3H3,(H,32,36)/t11-,16?,17+,18?,19?,20+,21+,22?,23?,24?,25-,26-,27+,28?,29?/m1/s1. The topological polar surface area (TPSA) is 284 Å². The molecule has 3 aliphatic heterocycles. The number of aliphatic hydroxyl groups excluding tert-OH is 6. The second kappa shape index (κ2) is 16.4. The molecule has 268 valence electrons.